The molecule has 0 radical (unpaired) electrons. The van der Waals surface area contributed by atoms with Crippen molar-refractivity contribution in [3.05, 3.63) is 28.8 Å². The Labute approximate surface area is 85.0 Å². The number of hydrogen-bond donors (Lipinski definition) is 1. The Kier molecular flexibility index (Phi) is 2.14. The summed E-state index contributed by atoms with van der Waals surface area (Å²) in [5, 5.41) is 3.88. The highest BCUT2D eigenvalue weighted by molar-refractivity contribution is 7.67. The van der Waals surface area contributed by atoms with Crippen LogP contribution in [-0.2, 0) is 11.3 Å². The Bertz CT molecular complexity index is 412. The summed E-state index contributed by atoms with van der Waals surface area (Å²) in [5.74, 6) is 0. The van der Waals surface area contributed by atoms with Gasteiger partial charge in [0.25, 0.3) is 0 Å². The first-order chi connectivity index (χ1) is 6.22. The van der Waals surface area contributed by atoms with E-state index in [-0.39, 0.29) is 6.04 Å². The summed E-state index contributed by atoms with van der Waals surface area (Å²) in [7, 11) is 0. The Balaban J connectivity index is 2.63. The maximum atomic E-state index is 10.8. The van der Waals surface area contributed by atoms with Crippen molar-refractivity contribution in [3.63, 3.8) is 0 Å². The van der Waals surface area contributed by atoms with Crippen molar-refractivity contribution in [2.45, 2.75) is 13.0 Å². The lowest BCUT2D eigenvalue weighted by Crippen LogP contribution is -2.17. The largest absolute Gasteiger partial charge is 0.377 e. The van der Waals surface area contributed by atoms with Crippen LogP contribution in [0.3, 0.4) is 0 Å². The number of nitrogens with one attached hydrogen (secondary N) is 1. The van der Waals surface area contributed by atoms with Gasteiger partial charge < -0.3 is 5.32 Å². The van der Waals surface area contributed by atoms with Crippen LogP contribution in [0.1, 0.15) is 12.5 Å². The van der Waals surface area contributed by atoms with E-state index in [0.717, 1.165) is 16.1 Å². The van der Waals surface area contributed by atoms with Crippen molar-refractivity contribution in [2.75, 3.05) is 5.32 Å². The molecule has 1 heterocycles. The lowest BCUT2D eigenvalue weighted by atomic mass is 10.1. The average molecular weight is 214 g/mol. The first kappa shape index (κ1) is 8.78. The van der Waals surface area contributed by atoms with Gasteiger partial charge in [0.05, 0.1) is 22.2 Å². The maximum absolute atomic E-state index is 10.8. The summed E-state index contributed by atoms with van der Waals surface area (Å²) in [4.78, 5) is 0.817. The number of benzene rings is 1. The Morgan fingerprint density at radius 2 is 2.31 bits per heavy atom. The van der Waals surface area contributed by atoms with Gasteiger partial charge in [-0.05, 0) is 25.1 Å². The van der Waals surface area contributed by atoms with Crippen LogP contribution in [0.15, 0.2) is 18.2 Å². The molecule has 1 aliphatic heterocycles. The second-order valence-corrected chi connectivity index (χ2v) is 4.05. The third-order valence-corrected chi connectivity index (χ3v) is 3.09. The monoisotopic (exact) mass is 213 g/mol. The molecular weight excluding hydrogens is 206 g/mol. The molecule has 68 valence electrons. The quantitative estimate of drug-likeness (QED) is 0.667. The van der Waals surface area contributed by atoms with E-state index in [9.17, 15) is 4.21 Å². The molecule has 0 fully saturated rings. The molecule has 1 aliphatic rings. The molecule has 2 nitrogen and oxygen atoms in total. The van der Waals surface area contributed by atoms with Crippen molar-refractivity contribution < 1.29 is 4.21 Å². The van der Waals surface area contributed by atoms with Crippen LogP contribution in [-0.4, -0.2) is 15.1 Å². The molecule has 2 rings (SSSR count). The van der Waals surface area contributed by atoms with E-state index in [1.807, 2.05) is 25.1 Å². The van der Waals surface area contributed by atoms with E-state index >= 15 is 0 Å². The van der Waals surface area contributed by atoms with Crippen molar-refractivity contribution in [2.24, 2.45) is 0 Å². The molecule has 0 amide bonds. The minimum absolute atomic E-state index is 0.107. The molecule has 1 aromatic rings. The molecular formula is C9H8ClNOS. The fraction of sp³-hybridized carbons (Fsp3) is 0.222. The van der Waals surface area contributed by atoms with Gasteiger partial charge in [0.2, 0.25) is 0 Å². The molecule has 1 atom stereocenters. The van der Waals surface area contributed by atoms with E-state index in [1.54, 1.807) is 0 Å². The van der Waals surface area contributed by atoms with E-state index < -0.39 is 0 Å². The lowest BCUT2D eigenvalue weighted by molar-refractivity contribution is 0.700. The van der Waals surface area contributed by atoms with Crippen molar-refractivity contribution in [1.29, 1.82) is 0 Å². The van der Waals surface area contributed by atoms with Crippen LogP contribution in [0.2, 0.25) is 5.02 Å². The van der Waals surface area contributed by atoms with Crippen LogP contribution in [0.5, 0.6) is 0 Å². The van der Waals surface area contributed by atoms with Crippen molar-refractivity contribution in [3.8, 4) is 0 Å². The maximum Gasteiger partial charge on any atom is 0.0949 e. The summed E-state index contributed by atoms with van der Waals surface area (Å²) >= 11 is 6.38. The second kappa shape index (κ2) is 3.16. The van der Waals surface area contributed by atoms with E-state index in [1.165, 1.54) is 0 Å². The van der Waals surface area contributed by atoms with Gasteiger partial charge in [-0.3, -0.25) is 0 Å². The van der Waals surface area contributed by atoms with Crippen LogP contribution in [0, 0.1) is 0 Å². The SMILES string of the molecule is CC1Nc2ccc(Cl)cc2C1=S=O. The van der Waals surface area contributed by atoms with E-state index in [2.05, 4.69) is 5.32 Å². The predicted octanol–water partition coefficient (Wildman–Crippen LogP) is 1.89. The minimum Gasteiger partial charge on any atom is -0.377 e. The molecule has 0 saturated heterocycles. The normalized spacial score (nSPS) is 19.5. The Hall–Kier alpha value is -0.800. The Morgan fingerprint density at radius 3 is 3.00 bits per heavy atom. The van der Waals surface area contributed by atoms with Crippen molar-refractivity contribution in [1.82, 2.24) is 0 Å². The van der Waals surface area contributed by atoms with Gasteiger partial charge in [-0.2, -0.15) is 0 Å². The average Bonchev–Trinajstić information content (AvgIpc) is 2.40. The predicted molar refractivity (Wildman–Crippen MR) is 56.8 cm³/mol. The summed E-state index contributed by atoms with van der Waals surface area (Å²) in [5.41, 5.74) is 1.94. The number of halogens is 1. The zero-order chi connectivity index (χ0) is 9.42. The van der Waals surface area contributed by atoms with Gasteiger partial charge in [0.15, 0.2) is 0 Å². The highest BCUT2D eigenvalue weighted by Gasteiger charge is 2.23. The molecule has 0 aromatic heterocycles. The molecule has 0 aliphatic carbocycles. The molecule has 0 saturated carbocycles. The zero-order valence-electron chi connectivity index (χ0n) is 7.00. The van der Waals surface area contributed by atoms with Crippen LogP contribution < -0.4 is 5.32 Å². The van der Waals surface area contributed by atoms with Gasteiger partial charge in [0.1, 0.15) is 0 Å². The molecule has 4 heteroatoms. The standard InChI is InChI=1S/C9H8ClNOS/c1-5-9(13-12)7-4-6(10)2-3-8(7)11-5/h2-5,11H,1H3. The molecule has 0 spiro atoms. The van der Waals surface area contributed by atoms with Gasteiger partial charge >= 0.3 is 0 Å². The molecule has 1 aromatic carbocycles. The highest BCUT2D eigenvalue weighted by atomic mass is 35.5. The zero-order valence-corrected chi connectivity index (χ0v) is 8.58. The lowest BCUT2D eigenvalue weighted by Gasteiger charge is -2.00. The van der Waals surface area contributed by atoms with Gasteiger partial charge in [0, 0.05) is 16.3 Å². The third kappa shape index (κ3) is 1.38. The van der Waals surface area contributed by atoms with E-state index in [0.29, 0.717) is 16.3 Å². The number of rotatable bonds is 0. The summed E-state index contributed by atoms with van der Waals surface area (Å²) in [6.45, 7) is 1.97. The smallest absolute Gasteiger partial charge is 0.0949 e. The molecule has 13 heavy (non-hydrogen) atoms. The number of anilines is 1. The summed E-state index contributed by atoms with van der Waals surface area (Å²) in [6.07, 6.45) is 0. The first-order valence-electron chi connectivity index (χ1n) is 3.95. The van der Waals surface area contributed by atoms with Crippen LogP contribution in [0.4, 0.5) is 5.69 Å². The second-order valence-electron chi connectivity index (χ2n) is 3.00. The fourth-order valence-electron chi connectivity index (χ4n) is 1.50. The minimum atomic E-state index is 0.107. The molecule has 1 unspecified atom stereocenters. The fourth-order valence-corrected chi connectivity index (χ4v) is 2.13. The van der Waals surface area contributed by atoms with Crippen LogP contribution >= 0.6 is 11.6 Å². The number of hydrogen-bond acceptors (Lipinski definition) is 2. The molecule has 0 bridgehead atoms. The highest BCUT2D eigenvalue weighted by Crippen LogP contribution is 2.28. The van der Waals surface area contributed by atoms with E-state index in [4.69, 9.17) is 11.6 Å². The summed E-state index contributed by atoms with van der Waals surface area (Å²) < 4.78 is 10.8. The van der Waals surface area contributed by atoms with Gasteiger partial charge in [-0.15, -0.1) is 0 Å². The van der Waals surface area contributed by atoms with Gasteiger partial charge in [-0.1, -0.05) is 11.6 Å². The van der Waals surface area contributed by atoms with Crippen LogP contribution in [0.25, 0.3) is 0 Å². The van der Waals surface area contributed by atoms with Crippen molar-refractivity contribution >= 4 is 33.4 Å². The topological polar surface area (TPSA) is 29.1 Å². The number of fused-ring (bicyclic) bond motifs is 1. The third-order valence-electron chi connectivity index (χ3n) is 2.10. The molecule has 1 N–H and O–H groups in total. The first-order valence-corrected chi connectivity index (χ1v) is 5.07. The summed E-state index contributed by atoms with van der Waals surface area (Å²) in [6, 6.07) is 5.65. The Morgan fingerprint density at radius 1 is 1.54 bits per heavy atom. The van der Waals surface area contributed by atoms with Gasteiger partial charge in [-0.25, -0.2) is 4.21 Å².